The normalized spacial score (nSPS) is 14.0. The number of amides is 2. The summed E-state index contributed by atoms with van der Waals surface area (Å²) in [6, 6.07) is 4.58. The first-order valence-electron chi connectivity index (χ1n) is 8.17. The van der Waals surface area contributed by atoms with E-state index < -0.39 is 6.03 Å². The summed E-state index contributed by atoms with van der Waals surface area (Å²) in [5.41, 5.74) is 6.04. The van der Waals surface area contributed by atoms with Gasteiger partial charge in [0.05, 0.1) is 6.61 Å². The number of benzene rings is 1. The molecular weight excluding hydrogens is 297 g/mol. The standard InChI is InChI=1S/C17H26FN3O2/c1-21(9-3-2-8-20-17(19)22)11-14-6-7-15(18)16(10-14)23-12-13-4-5-13/h6-7,10,13H,2-5,8-9,11-12H2,1H3,(H3,19,20,22). The van der Waals surface area contributed by atoms with Crippen molar-refractivity contribution in [3.05, 3.63) is 29.6 Å². The molecule has 1 aromatic rings. The van der Waals surface area contributed by atoms with Crippen molar-refractivity contribution in [2.45, 2.75) is 32.2 Å². The molecule has 0 atom stereocenters. The molecule has 1 aromatic carbocycles. The van der Waals surface area contributed by atoms with E-state index in [-0.39, 0.29) is 5.82 Å². The van der Waals surface area contributed by atoms with Gasteiger partial charge >= 0.3 is 6.03 Å². The second-order valence-electron chi connectivity index (χ2n) is 6.26. The van der Waals surface area contributed by atoms with Crippen LogP contribution in [0.2, 0.25) is 0 Å². The van der Waals surface area contributed by atoms with Crippen LogP contribution < -0.4 is 15.8 Å². The molecular formula is C17H26FN3O2. The highest BCUT2D eigenvalue weighted by Crippen LogP contribution is 2.30. The fourth-order valence-corrected chi connectivity index (χ4v) is 2.36. The van der Waals surface area contributed by atoms with Crippen LogP contribution in [0.25, 0.3) is 0 Å². The minimum atomic E-state index is -0.483. The van der Waals surface area contributed by atoms with Crippen molar-refractivity contribution < 1.29 is 13.9 Å². The second-order valence-corrected chi connectivity index (χ2v) is 6.26. The Hall–Kier alpha value is -1.82. The third kappa shape index (κ3) is 6.86. The van der Waals surface area contributed by atoms with Crippen LogP contribution in [0.15, 0.2) is 18.2 Å². The molecule has 23 heavy (non-hydrogen) atoms. The van der Waals surface area contributed by atoms with Crippen molar-refractivity contribution in [3.8, 4) is 5.75 Å². The molecule has 0 radical (unpaired) electrons. The molecule has 3 N–H and O–H groups in total. The lowest BCUT2D eigenvalue weighted by Crippen LogP contribution is -2.30. The number of rotatable bonds is 10. The number of hydrogen-bond acceptors (Lipinski definition) is 3. The summed E-state index contributed by atoms with van der Waals surface area (Å²) >= 11 is 0. The van der Waals surface area contributed by atoms with E-state index in [9.17, 15) is 9.18 Å². The number of carbonyl (C=O) groups is 1. The largest absolute Gasteiger partial charge is 0.490 e. The minimum absolute atomic E-state index is 0.297. The summed E-state index contributed by atoms with van der Waals surface area (Å²) in [7, 11) is 2.02. The van der Waals surface area contributed by atoms with E-state index in [1.807, 2.05) is 7.05 Å². The highest BCUT2D eigenvalue weighted by Gasteiger charge is 2.22. The van der Waals surface area contributed by atoms with Gasteiger partial charge in [0.25, 0.3) is 0 Å². The zero-order valence-electron chi connectivity index (χ0n) is 13.7. The van der Waals surface area contributed by atoms with E-state index in [2.05, 4.69) is 10.2 Å². The first kappa shape index (κ1) is 17.5. The van der Waals surface area contributed by atoms with E-state index in [1.165, 1.54) is 18.9 Å². The van der Waals surface area contributed by atoms with E-state index in [0.29, 0.717) is 24.8 Å². The quantitative estimate of drug-likeness (QED) is 0.650. The van der Waals surface area contributed by atoms with Gasteiger partial charge in [0.2, 0.25) is 0 Å². The van der Waals surface area contributed by atoms with Gasteiger partial charge in [-0.1, -0.05) is 6.07 Å². The molecule has 2 amide bonds. The average Bonchev–Trinajstić information content (AvgIpc) is 3.31. The Kier molecular flexibility index (Phi) is 6.65. The smallest absolute Gasteiger partial charge is 0.312 e. The molecule has 1 aliphatic rings. The van der Waals surface area contributed by atoms with Crippen LogP contribution in [0.5, 0.6) is 5.75 Å². The van der Waals surface area contributed by atoms with Gasteiger partial charge in [0.1, 0.15) is 0 Å². The molecule has 2 rings (SSSR count). The number of primary amides is 1. The van der Waals surface area contributed by atoms with Crippen LogP contribution in [-0.2, 0) is 6.54 Å². The molecule has 0 heterocycles. The molecule has 6 heteroatoms. The topological polar surface area (TPSA) is 67.6 Å². The van der Waals surface area contributed by atoms with Crippen molar-refractivity contribution in [2.24, 2.45) is 11.7 Å². The Balaban J connectivity index is 1.72. The number of nitrogens with zero attached hydrogens (tertiary/aromatic N) is 1. The fraction of sp³-hybridized carbons (Fsp3) is 0.588. The van der Waals surface area contributed by atoms with Gasteiger partial charge in [-0.05, 0) is 62.9 Å². The van der Waals surface area contributed by atoms with Gasteiger partial charge in [0, 0.05) is 13.1 Å². The summed E-state index contributed by atoms with van der Waals surface area (Å²) in [4.78, 5) is 12.7. The van der Waals surface area contributed by atoms with Gasteiger partial charge < -0.3 is 20.7 Å². The SMILES string of the molecule is CN(CCCCNC(N)=O)Cc1ccc(F)c(OCC2CC2)c1. The number of unbranched alkanes of at least 4 members (excludes halogenated alkanes) is 1. The third-order valence-corrected chi connectivity index (χ3v) is 3.89. The van der Waals surface area contributed by atoms with Crippen molar-refractivity contribution in [3.63, 3.8) is 0 Å². The molecule has 5 nitrogen and oxygen atoms in total. The maximum Gasteiger partial charge on any atom is 0.312 e. The number of carbonyl (C=O) groups excluding carboxylic acids is 1. The highest BCUT2D eigenvalue weighted by molar-refractivity contribution is 5.71. The van der Waals surface area contributed by atoms with Gasteiger partial charge in [-0.2, -0.15) is 0 Å². The molecule has 0 aliphatic heterocycles. The summed E-state index contributed by atoms with van der Waals surface area (Å²) in [6.45, 7) is 2.85. The van der Waals surface area contributed by atoms with E-state index in [4.69, 9.17) is 10.5 Å². The Labute approximate surface area is 137 Å². The number of nitrogens with two attached hydrogens (primary N) is 1. The Morgan fingerprint density at radius 3 is 2.91 bits per heavy atom. The molecule has 0 bridgehead atoms. The summed E-state index contributed by atoms with van der Waals surface area (Å²) < 4.78 is 19.3. The van der Waals surface area contributed by atoms with Crippen LogP contribution in [0, 0.1) is 11.7 Å². The number of ether oxygens (including phenoxy) is 1. The van der Waals surface area contributed by atoms with Crippen molar-refractivity contribution in [2.75, 3.05) is 26.7 Å². The summed E-state index contributed by atoms with van der Waals surface area (Å²) in [5, 5.41) is 2.57. The Bertz CT molecular complexity index is 521. The maximum absolute atomic E-state index is 13.7. The number of nitrogens with one attached hydrogen (secondary N) is 1. The lowest BCUT2D eigenvalue weighted by molar-refractivity contribution is 0.248. The summed E-state index contributed by atoms with van der Waals surface area (Å²) in [5.74, 6) is 0.665. The maximum atomic E-state index is 13.7. The van der Waals surface area contributed by atoms with Crippen molar-refractivity contribution in [1.29, 1.82) is 0 Å². The van der Waals surface area contributed by atoms with E-state index >= 15 is 0 Å². The van der Waals surface area contributed by atoms with Crippen LogP contribution in [0.3, 0.4) is 0 Å². The van der Waals surface area contributed by atoms with Crippen LogP contribution in [0.1, 0.15) is 31.2 Å². The number of urea groups is 1. The number of hydrogen-bond donors (Lipinski definition) is 2. The predicted octanol–water partition coefficient (Wildman–Crippen LogP) is 2.49. The van der Waals surface area contributed by atoms with E-state index in [0.717, 1.165) is 31.5 Å². The molecule has 0 unspecified atom stereocenters. The Morgan fingerprint density at radius 2 is 2.22 bits per heavy atom. The summed E-state index contributed by atoms with van der Waals surface area (Å²) in [6.07, 6.45) is 4.22. The fourth-order valence-electron chi connectivity index (χ4n) is 2.36. The molecule has 128 valence electrons. The zero-order valence-corrected chi connectivity index (χ0v) is 13.7. The molecule has 0 aromatic heterocycles. The third-order valence-electron chi connectivity index (χ3n) is 3.89. The second kappa shape index (κ2) is 8.72. The van der Waals surface area contributed by atoms with Gasteiger partial charge in [-0.15, -0.1) is 0 Å². The van der Waals surface area contributed by atoms with Gasteiger partial charge in [0.15, 0.2) is 11.6 Å². The lowest BCUT2D eigenvalue weighted by atomic mass is 10.2. The van der Waals surface area contributed by atoms with Crippen molar-refractivity contribution >= 4 is 6.03 Å². The van der Waals surface area contributed by atoms with Crippen LogP contribution in [-0.4, -0.2) is 37.7 Å². The minimum Gasteiger partial charge on any atom is -0.490 e. The Morgan fingerprint density at radius 1 is 1.43 bits per heavy atom. The van der Waals surface area contributed by atoms with Crippen LogP contribution in [0.4, 0.5) is 9.18 Å². The molecule has 1 aliphatic carbocycles. The zero-order chi connectivity index (χ0) is 16.7. The molecule has 1 saturated carbocycles. The monoisotopic (exact) mass is 323 g/mol. The molecule has 0 spiro atoms. The first-order chi connectivity index (χ1) is 11.0. The lowest BCUT2D eigenvalue weighted by Gasteiger charge is -2.17. The predicted molar refractivity (Wildman–Crippen MR) is 87.8 cm³/mol. The highest BCUT2D eigenvalue weighted by atomic mass is 19.1. The molecule has 1 fully saturated rings. The van der Waals surface area contributed by atoms with E-state index in [1.54, 1.807) is 12.1 Å². The van der Waals surface area contributed by atoms with Gasteiger partial charge in [-0.3, -0.25) is 0 Å². The van der Waals surface area contributed by atoms with Crippen molar-refractivity contribution in [1.82, 2.24) is 10.2 Å². The number of halogens is 1. The van der Waals surface area contributed by atoms with Crippen LogP contribution >= 0.6 is 0 Å². The van der Waals surface area contributed by atoms with Gasteiger partial charge in [-0.25, -0.2) is 9.18 Å². The first-order valence-corrected chi connectivity index (χ1v) is 8.17. The average molecular weight is 323 g/mol. The molecule has 0 saturated heterocycles.